The Morgan fingerprint density at radius 3 is 2.48 bits per heavy atom. The maximum atomic E-state index is 12.9. The van der Waals surface area contributed by atoms with E-state index in [-0.39, 0.29) is 37.0 Å². The molecule has 1 rings (SSSR count). The van der Waals surface area contributed by atoms with E-state index >= 15 is 0 Å². The highest BCUT2D eigenvalue weighted by atomic mass is 19.1. The van der Waals surface area contributed by atoms with Crippen molar-refractivity contribution < 1.29 is 19.0 Å². The van der Waals surface area contributed by atoms with Crippen LogP contribution in [0.25, 0.3) is 0 Å². The van der Waals surface area contributed by atoms with Gasteiger partial charge in [-0.3, -0.25) is 0 Å². The molecule has 0 aromatic heterocycles. The Bertz CT molecular complexity index is 491. The number of amides is 2. The third-order valence-electron chi connectivity index (χ3n) is 4.26. The number of hydrogen-bond donors (Lipinski definition) is 3. The van der Waals surface area contributed by atoms with Gasteiger partial charge in [0.05, 0.1) is 11.7 Å². The number of carbonyl (C=O) groups is 1. The van der Waals surface area contributed by atoms with Gasteiger partial charge in [0.2, 0.25) is 0 Å². The first-order chi connectivity index (χ1) is 10.8. The van der Waals surface area contributed by atoms with Gasteiger partial charge in [-0.2, -0.15) is 0 Å². The van der Waals surface area contributed by atoms with Crippen molar-refractivity contribution >= 4 is 6.03 Å². The van der Waals surface area contributed by atoms with Gasteiger partial charge < -0.3 is 20.5 Å². The molecule has 3 atom stereocenters. The van der Waals surface area contributed by atoms with Crippen LogP contribution in [0.3, 0.4) is 0 Å². The molecule has 3 unspecified atom stereocenters. The van der Waals surface area contributed by atoms with Crippen LogP contribution in [0.4, 0.5) is 9.18 Å². The fraction of sp³-hybridized carbons (Fsp3) is 0.588. The minimum atomic E-state index is -0.955. The van der Waals surface area contributed by atoms with E-state index in [4.69, 9.17) is 4.74 Å². The van der Waals surface area contributed by atoms with Gasteiger partial charge in [-0.25, -0.2) is 9.18 Å². The lowest BCUT2D eigenvalue weighted by Gasteiger charge is -2.29. The number of aliphatic hydroxyl groups is 1. The zero-order valence-corrected chi connectivity index (χ0v) is 14.2. The van der Waals surface area contributed by atoms with Gasteiger partial charge in [-0.1, -0.05) is 32.4 Å². The average molecular weight is 326 g/mol. The molecule has 5 nitrogen and oxygen atoms in total. The van der Waals surface area contributed by atoms with Gasteiger partial charge in [0, 0.05) is 20.2 Å². The normalized spacial score (nSPS) is 16.3. The van der Waals surface area contributed by atoms with Crippen LogP contribution in [0.1, 0.15) is 38.9 Å². The Hall–Kier alpha value is -1.66. The van der Waals surface area contributed by atoms with Gasteiger partial charge in [0.25, 0.3) is 0 Å². The molecule has 0 aliphatic heterocycles. The predicted molar refractivity (Wildman–Crippen MR) is 87.6 cm³/mol. The summed E-state index contributed by atoms with van der Waals surface area (Å²) in [7, 11) is 1.53. The number of halogens is 1. The van der Waals surface area contributed by atoms with E-state index in [2.05, 4.69) is 10.6 Å². The summed E-state index contributed by atoms with van der Waals surface area (Å²) in [5.41, 5.74) is -0.176. The summed E-state index contributed by atoms with van der Waals surface area (Å²) in [4.78, 5) is 11.9. The third-order valence-corrected chi connectivity index (χ3v) is 4.26. The summed E-state index contributed by atoms with van der Waals surface area (Å²) in [5, 5.41) is 15.6. The molecule has 2 amide bonds. The van der Waals surface area contributed by atoms with Crippen LogP contribution in [-0.2, 0) is 4.74 Å². The lowest BCUT2D eigenvalue weighted by Crippen LogP contribution is -2.48. The molecule has 6 heteroatoms. The molecule has 0 fully saturated rings. The zero-order valence-electron chi connectivity index (χ0n) is 14.2. The van der Waals surface area contributed by atoms with Gasteiger partial charge in [0.15, 0.2) is 0 Å². The Balaban J connectivity index is 2.46. The lowest BCUT2D eigenvalue weighted by atomic mass is 9.89. The largest absolute Gasteiger partial charge is 0.388 e. The van der Waals surface area contributed by atoms with Crippen LogP contribution >= 0.6 is 0 Å². The number of rotatable bonds is 8. The Kier molecular flexibility index (Phi) is 7.45. The molecule has 130 valence electrons. The van der Waals surface area contributed by atoms with E-state index < -0.39 is 5.60 Å². The van der Waals surface area contributed by atoms with Crippen LogP contribution in [0, 0.1) is 11.7 Å². The van der Waals surface area contributed by atoms with E-state index in [1.165, 1.54) is 19.2 Å². The summed E-state index contributed by atoms with van der Waals surface area (Å²) in [5.74, 6) is -0.240. The summed E-state index contributed by atoms with van der Waals surface area (Å²) < 4.78 is 18.2. The van der Waals surface area contributed by atoms with Crippen molar-refractivity contribution in [3.05, 3.63) is 35.6 Å². The fourth-order valence-electron chi connectivity index (χ4n) is 2.14. The van der Waals surface area contributed by atoms with Crippen molar-refractivity contribution in [1.29, 1.82) is 0 Å². The van der Waals surface area contributed by atoms with E-state index in [1.54, 1.807) is 19.1 Å². The number of urea groups is 1. The van der Waals surface area contributed by atoms with Gasteiger partial charge in [-0.15, -0.1) is 0 Å². The quantitative estimate of drug-likeness (QED) is 0.688. The van der Waals surface area contributed by atoms with Crippen LogP contribution < -0.4 is 10.6 Å². The Morgan fingerprint density at radius 2 is 1.96 bits per heavy atom. The Labute approximate surface area is 137 Å². The molecular weight excluding hydrogens is 299 g/mol. The zero-order chi connectivity index (χ0) is 17.5. The van der Waals surface area contributed by atoms with E-state index in [1.807, 2.05) is 13.8 Å². The van der Waals surface area contributed by atoms with Crippen molar-refractivity contribution in [3.8, 4) is 0 Å². The van der Waals surface area contributed by atoms with Gasteiger partial charge >= 0.3 is 6.03 Å². The summed E-state index contributed by atoms with van der Waals surface area (Å²) in [6.07, 6.45) is 0.462. The van der Waals surface area contributed by atoms with E-state index in [9.17, 15) is 14.3 Å². The molecule has 1 aromatic rings. The number of ether oxygens (including phenoxy) is 1. The number of benzene rings is 1. The first kappa shape index (κ1) is 19.4. The molecule has 0 bridgehead atoms. The van der Waals surface area contributed by atoms with Crippen molar-refractivity contribution in [2.75, 3.05) is 20.2 Å². The molecule has 0 spiro atoms. The second-order valence-corrected chi connectivity index (χ2v) is 6.01. The molecule has 0 saturated carbocycles. The number of hydrogen-bond acceptors (Lipinski definition) is 3. The fourth-order valence-corrected chi connectivity index (χ4v) is 2.14. The van der Waals surface area contributed by atoms with Gasteiger partial charge in [-0.05, 0) is 30.5 Å². The monoisotopic (exact) mass is 326 g/mol. The third kappa shape index (κ3) is 6.15. The maximum Gasteiger partial charge on any atom is 0.314 e. The maximum absolute atomic E-state index is 12.9. The molecular formula is C17H27FN2O3. The molecule has 0 heterocycles. The van der Waals surface area contributed by atoms with Crippen LogP contribution in [0.5, 0.6) is 0 Å². The number of methoxy groups -OCH3 is 1. The molecule has 23 heavy (non-hydrogen) atoms. The van der Waals surface area contributed by atoms with Crippen molar-refractivity contribution in [2.24, 2.45) is 5.92 Å². The highest BCUT2D eigenvalue weighted by Crippen LogP contribution is 2.19. The van der Waals surface area contributed by atoms with Crippen LogP contribution in [0.15, 0.2) is 24.3 Å². The highest BCUT2D eigenvalue weighted by molar-refractivity contribution is 5.73. The second-order valence-electron chi connectivity index (χ2n) is 6.01. The molecule has 0 saturated heterocycles. The van der Waals surface area contributed by atoms with E-state index in [0.717, 1.165) is 12.0 Å². The topological polar surface area (TPSA) is 70.6 Å². The first-order valence-electron chi connectivity index (χ1n) is 7.82. The minimum absolute atomic E-state index is 0.0775. The molecule has 0 radical (unpaired) electrons. The standard InChI is InChI=1S/C17H27FN2O3/c1-5-12(2)17(3,22)11-20-16(21)19-10-15(23-4)13-6-8-14(18)9-7-13/h6-9,12,15,22H,5,10-11H2,1-4H3,(H2,19,20,21). The predicted octanol–water partition coefficient (Wildman–Crippen LogP) is 2.61. The molecule has 3 N–H and O–H groups in total. The molecule has 0 aliphatic carbocycles. The van der Waals surface area contributed by atoms with Crippen molar-refractivity contribution in [3.63, 3.8) is 0 Å². The summed E-state index contributed by atoms with van der Waals surface area (Å²) >= 11 is 0. The Morgan fingerprint density at radius 1 is 1.35 bits per heavy atom. The summed E-state index contributed by atoms with van der Waals surface area (Å²) in [6.45, 7) is 6.06. The van der Waals surface area contributed by atoms with Crippen molar-refractivity contribution in [2.45, 2.75) is 38.9 Å². The SMILES string of the molecule is CCC(C)C(C)(O)CNC(=O)NCC(OC)c1ccc(F)cc1. The van der Waals surface area contributed by atoms with Crippen molar-refractivity contribution in [1.82, 2.24) is 10.6 Å². The second kappa shape index (κ2) is 8.84. The number of carbonyl (C=O) groups excluding carboxylic acids is 1. The highest BCUT2D eigenvalue weighted by Gasteiger charge is 2.27. The van der Waals surface area contributed by atoms with Gasteiger partial charge in [0.1, 0.15) is 5.82 Å². The molecule has 1 aromatic carbocycles. The average Bonchev–Trinajstić information content (AvgIpc) is 2.54. The smallest absolute Gasteiger partial charge is 0.314 e. The summed E-state index contributed by atoms with van der Waals surface area (Å²) in [6, 6.07) is 5.57. The van der Waals surface area contributed by atoms with Crippen LogP contribution in [0.2, 0.25) is 0 Å². The number of nitrogens with one attached hydrogen (secondary N) is 2. The van der Waals surface area contributed by atoms with Crippen LogP contribution in [-0.4, -0.2) is 36.9 Å². The molecule has 0 aliphatic rings. The minimum Gasteiger partial charge on any atom is -0.388 e. The first-order valence-corrected chi connectivity index (χ1v) is 7.82. The van der Waals surface area contributed by atoms with E-state index in [0.29, 0.717) is 0 Å². The lowest BCUT2D eigenvalue weighted by molar-refractivity contribution is 0.00779.